The Hall–Kier alpha value is -2.21. The highest BCUT2D eigenvalue weighted by Crippen LogP contribution is 2.30. The third-order valence-corrected chi connectivity index (χ3v) is 4.84. The van der Waals surface area contributed by atoms with Crippen LogP contribution in [0.2, 0.25) is 0 Å². The zero-order valence-corrected chi connectivity index (χ0v) is 12.0. The molecule has 0 aliphatic heterocycles. The molecule has 20 heavy (non-hydrogen) atoms. The molecule has 0 aliphatic carbocycles. The van der Waals surface area contributed by atoms with Gasteiger partial charge in [-0.15, -0.1) is 0 Å². The Balaban J connectivity index is 2.52. The molecule has 0 fully saturated rings. The van der Waals surface area contributed by atoms with Crippen LogP contribution in [-0.2, 0) is 10.0 Å². The highest BCUT2D eigenvalue weighted by Gasteiger charge is 2.24. The van der Waals surface area contributed by atoms with Gasteiger partial charge in [-0.3, -0.25) is 4.31 Å². The number of hydrogen-bond donors (Lipinski definition) is 2. The number of anilines is 3. The van der Waals surface area contributed by atoms with Gasteiger partial charge in [0.1, 0.15) is 0 Å². The van der Waals surface area contributed by atoms with Crippen LogP contribution in [0.4, 0.5) is 17.1 Å². The molecular formula is C14H17N3O2S. The van der Waals surface area contributed by atoms with Gasteiger partial charge in [-0.25, -0.2) is 8.42 Å². The summed E-state index contributed by atoms with van der Waals surface area (Å²) in [5, 5.41) is 0. The third-order valence-electron chi connectivity index (χ3n) is 2.94. The monoisotopic (exact) mass is 291 g/mol. The van der Waals surface area contributed by atoms with Crippen molar-refractivity contribution in [2.24, 2.45) is 0 Å². The van der Waals surface area contributed by atoms with Crippen molar-refractivity contribution in [3.8, 4) is 0 Å². The van der Waals surface area contributed by atoms with E-state index >= 15 is 0 Å². The second-order valence-corrected chi connectivity index (χ2v) is 6.16. The zero-order chi connectivity index (χ0) is 14.8. The summed E-state index contributed by atoms with van der Waals surface area (Å²) in [5.74, 6) is 0. The summed E-state index contributed by atoms with van der Waals surface area (Å²) in [6.07, 6.45) is 0. The van der Waals surface area contributed by atoms with Crippen LogP contribution in [-0.4, -0.2) is 15.0 Å². The van der Waals surface area contributed by atoms with Gasteiger partial charge in [0.25, 0.3) is 10.0 Å². The Kier molecular flexibility index (Phi) is 3.85. The molecule has 0 unspecified atom stereocenters. The van der Waals surface area contributed by atoms with Crippen molar-refractivity contribution in [2.45, 2.75) is 11.8 Å². The largest absolute Gasteiger partial charge is 0.399 e. The first-order valence-corrected chi connectivity index (χ1v) is 7.63. The second-order valence-electron chi connectivity index (χ2n) is 4.30. The molecule has 0 heterocycles. The maximum atomic E-state index is 12.6. The summed E-state index contributed by atoms with van der Waals surface area (Å²) in [6.45, 7) is 2.04. The van der Waals surface area contributed by atoms with Crippen molar-refractivity contribution in [3.05, 3.63) is 48.5 Å². The normalized spacial score (nSPS) is 11.2. The van der Waals surface area contributed by atoms with E-state index in [0.29, 0.717) is 17.1 Å². The number of nitrogens with zero attached hydrogens (tertiary/aromatic N) is 1. The van der Waals surface area contributed by atoms with E-state index in [9.17, 15) is 8.42 Å². The number of hydrogen-bond acceptors (Lipinski definition) is 4. The molecule has 0 bridgehead atoms. The SMILES string of the molecule is CCN(c1ccc(N)cc1N)S(=O)(=O)c1ccccc1. The van der Waals surface area contributed by atoms with Crippen molar-refractivity contribution in [3.63, 3.8) is 0 Å². The molecule has 0 radical (unpaired) electrons. The third kappa shape index (κ3) is 2.55. The van der Waals surface area contributed by atoms with Crippen LogP contribution in [0.1, 0.15) is 6.92 Å². The van der Waals surface area contributed by atoms with Gasteiger partial charge in [0.15, 0.2) is 0 Å². The lowest BCUT2D eigenvalue weighted by molar-refractivity contribution is 0.592. The van der Waals surface area contributed by atoms with E-state index in [1.807, 2.05) is 0 Å². The Morgan fingerprint density at radius 2 is 1.70 bits per heavy atom. The van der Waals surface area contributed by atoms with Crippen LogP contribution in [0.3, 0.4) is 0 Å². The first kappa shape index (κ1) is 14.2. The number of benzene rings is 2. The van der Waals surface area contributed by atoms with Crippen LogP contribution in [0, 0.1) is 0 Å². The topological polar surface area (TPSA) is 89.4 Å². The van der Waals surface area contributed by atoms with Crippen LogP contribution < -0.4 is 15.8 Å². The average Bonchev–Trinajstić information content (AvgIpc) is 2.43. The highest BCUT2D eigenvalue weighted by molar-refractivity contribution is 7.92. The molecule has 4 N–H and O–H groups in total. The molecule has 0 saturated carbocycles. The van der Waals surface area contributed by atoms with Crippen molar-refractivity contribution in [2.75, 3.05) is 22.3 Å². The van der Waals surface area contributed by atoms with Crippen LogP contribution in [0.15, 0.2) is 53.4 Å². The molecule has 2 rings (SSSR count). The summed E-state index contributed by atoms with van der Waals surface area (Å²) in [7, 11) is -3.63. The first-order chi connectivity index (χ1) is 9.46. The Morgan fingerprint density at radius 1 is 1.05 bits per heavy atom. The molecule has 6 heteroatoms. The number of nitrogen functional groups attached to an aromatic ring is 2. The average molecular weight is 291 g/mol. The molecule has 0 aliphatic rings. The summed E-state index contributed by atoms with van der Waals surface area (Å²) < 4.78 is 26.6. The molecule has 0 aromatic heterocycles. The van der Waals surface area contributed by atoms with E-state index in [2.05, 4.69) is 0 Å². The van der Waals surface area contributed by atoms with Crippen LogP contribution in [0.5, 0.6) is 0 Å². The minimum atomic E-state index is -3.63. The van der Waals surface area contributed by atoms with E-state index in [4.69, 9.17) is 11.5 Å². The predicted molar refractivity (Wildman–Crippen MR) is 81.9 cm³/mol. The molecule has 0 saturated heterocycles. The fraction of sp³-hybridized carbons (Fsp3) is 0.143. The zero-order valence-electron chi connectivity index (χ0n) is 11.2. The van der Waals surface area contributed by atoms with E-state index in [-0.39, 0.29) is 11.4 Å². The summed E-state index contributed by atoms with van der Waals surface area (Å²) >= 11 is 0. The minimum Gasteiger partial charge on any atom is -0.399 e. The molecule has 0 spiro atoms. The van der Waals surface area contributed by atoms with E-state index in [0.717, 1.165) is 0 Å². The van der Waals surface area contributed by atoms with E-state index in [1.165, 1.54) is 4.31 Å². The number of sulfonamides is 1. The van der Waals surface area contributed by atoms with Gasteiger partial charge < -0.3 is 11.5 Å². The second kappa shape index (κ2) is 5.42. The van der Waals surface area contributed by atoms with Gasteiger partial charge >= 0.3 is 0 Å². The van der Waals surface area contributed by atoms with Gasteiger partial charge in [-0.1, -0.05) is 18.2 Å². The quantitative estimate of drug-likeness (QED) is 0.844. The van der Waals surface area contributed by atoms with E-state index in [1.54, 1.807) is 55.5 Å². The summed E-state index contributed by atoms with van der Waals surface area (Å²) in [6, 6.07) is 13.1. The molecule has 0 amide bonds. The van der Waals surface area contributed by atoms with Gasteiger partial charge in [-0.2, -0.15) is 0 Å². The molecule has 106 valence electrons. The standard InChI is InChI=1S/C14H17N3O2S/c1-2-17(14-9-8-11(15)10-13(14)16)20(18,19)12-6-4-3-5-7-12/h3-10H,2,15-16H2,1H3. The smallest absolute Gasteiger partial charge is 0.264 e. The maximum absolute atomic E-state index is 12.6. The van der Waals surface area contributed by atoms with Gasteiger partial charge in [0.05, 0.1) is 16.3 Å². The van der Waals surface area contributed by atoms with Crippen LogP contribution in [0.25, 0.3) is 0 Å². The van der Waals surface area contributed by atoms with Crippen molar-refractivity contribution in [1.82, 2.24) is 0 Å². The fourth-order valence-corrected chi connectivity index (χ4v) is 3.51. The summed E-state index contributed by atoms with van der Waals surface area (Å²) in [5.41, 5.74) is 12.8. The Labute approximate surface area is 118 Å². The Bertz CT molecular complexity index is 700. The minimum absolute atomic E-state index is 0.234. The van der Waals surface area contributed by atoms with Gasteiger partial charge in [0.2, 0.25) is 0 Å². The lowest BCUT2D eigenvalue weighted by atomic mass is 10.2. The van der Waals surface area contributed by atoms with Crippen molar-refractivity contribution >= 4 is 27.1 Å². The molecule has 2 aromatic rings. The van der Waals surface area contributed by atoms with Gasteiger partial charge in [-0.05, 0) is 37.3 Å². The summed E-state index contributed by atoms with van der Waals surface area (Å²) in [4.78, 5) is 0.234. The highest BCUT2D eigenvalue weighted by atomic mass is 32.2. The molecular weight excluding hydrogens is 274 g/mol. The lowest BCUT2D eigenvalue weighted by Gasteiger charge is -2.24. The maximum Gasteiger partial charge on any atom is 0.264 e. The molecule has 0 atom stereocenters. The number of rotatable bonds is 4. The lowest BCUT2D eigenvalue weighted by Crippen LogP contribution is -2.31. The predicted octanol–water partition coefficient (Wildman–Crippen LogP) is 2.07. The van der Waals surface area contributed by atoms with Gasteiger partial charge in [0, 0.05) is 12.2 Å². The van der Waals surface area contributed by atoms with Crippen LogP contribution >= 0.6 is 0 Å². The van der Waals surface area contributed by atoms with Crippen molar-refractivity contribution < 1.29 is 8.42 Å². The number of nitrogens with two attached hydrogens (primary N) is 2. The molecule has 5 nitrogen and oxygen atoms in total. The van der Waals surface area contributed by atoms with E-state index < -0.39 is 10.0 Å². The van der Waals surface area contributed by atoms with Crippen molar-refractivity contribution in [1.29, 1.82) is 0 Å². The first-order valence-electron chi connectivity index (χ1n) is 6.19. The molecule has 2 aromatic carbocycles. The Morgan fingerprint density at radius 3 is 2.25 bits per heavy atom. The fourth-order valence-electron chi connectivity index (χ4n) is 1.99.